The number of hydrogen-bond donors (Lipinski definition) is 2. The van der Waals surface area contributed by atoms with Crippen molar-refractivity contribution in [2.45, 2.75) is 32.5 Å². The van der Waals surface area contributed by atoms with Crippen molar-refractivity contribution in [1.82, 2.24) is 0 Å². The standard InChI is InChI=1S/C6H12O4/c1-3-5(7)4(2)10-6(8)9/h4-5,7H,3H2,1-2H3,(H,8,9). The number of aliphatic hydroxyl groups excluding tert-OH is 1. The second-order valence-corrected chi connectivity index (χ2v) is 2.06. The van der Waals surface area contributed by atoms with E-state index in [-0.39, 0.29) is 0 Å². The summed E-state index contributed by atoms with van der Waals surface area (Å²) >= 11 is 0. The molecule has 2 atom stereocenters. The highest BCUT2D eigenvalue weighted by Crippen LogP contribution is 2.01. The van der Waals surface area contributed by atoms with Crippen LogP contribution in [0.1, 0.15) is 20.3 Å². The first-order chi connectivity index (χ1) is 4.57. The zero-order valence-corrected chi connectivity index (χ0v) is 6.07. The average molecular weight is 148 g/mol. The third kappa shape index (κ3) is 3.29. The summed E-state index contributed by atoms with van der Waals surface area (Å²) in [5.74, 6) is 0. The lowest BCUT2D eigenvalue weighted by molar-refractivity contribution is -0.0106. The van der Waals surface area contributed by atoms with Gasteiger partial charge in [-0.15, -0.1) is 0 Å². The molecule has 0 aliphatic carbocycles. The molecule has 4 heteroatoms. The highest BCUT2D eigenvalue weighted by atomic mass is 16.7. The predicted octanol–water partition coefficient (Wildman–Crippen LogP) is 0.840. The Morgan fingerprint density at radius 1 is 1.70 bits per heavy atom. The van der Waals surface area contributed by atoms with E-state index < -0.39 is 18.4 Å². The number of carboxylic acid groups (broad SMARTS) is 1. The van der Waals surface area contributed by atoms with E-state index in [1.807, 2.05) is 0 Å². The third-order valence-electron chi connectivity index (χ3n) is 1.25. The molecule has 0 heterocycles. The summed E-state index contributed by atoms with van der Waals surface area (Å²) in [6, 6.07) is 0. The van der Waals surface area contributed by atoms with Gasteiger partial charge in [0, 0.05) is 0 Å². The van der Waals surface area contributed by atoms with Gasteiger partial charge in [-0.1, -0.05) is 6.92 Å². The van der Waals surface area contributed by atoms with Gasteiger partial charge in [-0.3, -0.25) is 0 Å². The fraction of sp³-hybridized carbons (Fsp3) is 0.833. The van der Waals surface area contributed by atoms with Crippen LogP contribution < -0.4 is 0 Å². The lowest BCUT2D eigenvalue weighted by Crippen LogP contribution is -2.27. The molecule has 60 valence electrons. The molecule has 0 saturated heterocycles. The Labute approximate surface area is 59.4 Å². The largest absolute Gasteiger partial charge is 0.506 e. The number of carbonyl (C=O) groups is 1. The molecule has 0 amide bonds. The number of hydrogen-bond acceptors (Lipinski definition) is 3. The lowest BCUT2D eigenvalue weighted by Gasteiger charge is -2.15. The lowest BCUT2D eigenvalue weighted by atomic mass is 10.2. The first kappa shape index (κ1) is 9.23. The molecule has 0 radical (unpaired) electrons. The maximum Gasteiger partial charge on any atom is 0.506 e. The van der Waals surface area contributed by atoms with Crippen molar-refractivity contribution in [2.24, 2.45) is 0 Å². The molecule has 10 heavy (non-hydrogen) atoms. The SMILES string of the molecule is CCC(O)C(C)OC(=O)O. The van der Waals surface area contributed by atoms with E-state index in [9.17, 15) is 4.79 Å². The van der Waals surface area contributed by atoms with Crippen molar-refractivity contribution >= 4 is 6.16 Å². The number of ether oxygens (including phenoxy) is 1. The molecular formula is C6H12O4. The Bertz CT molecular complexity index is 112. The average Bonchev–Trinajstić information content (AvgIpc) is 1.85. The van der Waals surface area contributed by atoms with Gasteiger partial charge in [0.1, 0.15) is 6.10 Å². The van der Waals surface area contributed by atoms with Crippen LogP contribution in [-0.4, -0.2) is 28.6 Å². The fourth-order valence-electron chi connectivity index (χ4n) is 0.569. The quantitative estimate of drug-likeness (QED) is 0.582. The van der Waals surface area contributed by atoms with Gasteiger partial charge in [0.2, 0.25) is 0 Å². The van der Waals surface area contributed by atoms with Gasteiger partial charge in [-0.2, -0.15) is 0 Å². The van der Waals surface area contributed by atoms with E-state index >= 15 is 0 Å². The van der Waals surface area contributed by atoms with Crippen LogP contribution >= 0.6 is 0 Å². The molecule has 0 aliphatic rings. The first-order valence-corrected chi connectivity index (χ1v) is 3.15. The third-order valence-corrected chi connectivity index (χ3v) is 1.25. The molecule has 0 bridgehead atoms. The highest BCUT2D eigenvalue weighted by molar-refractivity contribution is 5.57. The Kier molecular flexibility index (Phi) is 3.79. The molecule has 0 aromatic heterocycles. The molecule has 2 unspecified atom stereocenters. The van der Waals surface area contributed by atoms with Crippen LogP contribution in [0.3, 0.4) is 0 Å². The van der Waals surface area contributed by atoms with Gasteiger partial charge >= 0.3 is 6.16 Å². The maximum atomic E-state index is 9.90. The van der Waals surface area contributed by atoms with E-state index in [4.69, 9.17) is 10.2 Å². The Hall–Kier alpha value is -0.770. The maximum absolute atomic E-state index is 9.90. The Morgan fingerprint density at radius 2 is 2.20 bits per heavy atom. The Morgan fingerprint density at radius 3 is 2.50 bits per heavy atom. The van der Waals surface area contributed by atoms with Crippen molar-refractivity contribution in [2.75, 3.05) is 0 Å². The number of rotatable bonds is 3. The molecule has 0 aromatic carbocycles. The van der Waals surface area contributed by atoms with Crippen molar-refractivity contribution in [3.8, 4) is 0 Å². The molecular weight excluding hydrogens is 136 g/mol. The summed E-state index contributed by atoms with van der Waals surface area (Å²) in [5, 5.41) is 17.1. The normalized spacial score (nSPS) is 15.9. The van der Waals surface area contributed by atoms with Crippen molar-refractivity contribution in [3.63, 3.8) is 0 Å². The molecule has 0 aromatic rings. The second kappa shape index (κ2) is 4.11. The Balaban J connectivity index is 3.61. The van der Waals surface area contributed by atoms with Gasteiger partial charge in [-0.25, -0.2) is 4.79 Å². The van der Waals surface area contributed by atoms with E-state index in [0.29, 0.717) is 6.42 Å². The van der Waals surface area contributed by atoms with Crippen LogP contribution in [0.15, 0.2) is 0 Å². The topological polar surface area (TPSA) is 66.8 Å². The van der Waals surface area contributed by atoms with E-state index in [0.717, 1.165) is 0 Å². The van der Waals surface area contributed by atoms with Crippen molar-refractivity contribution < 1.29 is 19.7 Å². The van der Waals surface area contributed by atoms with Crippen LogP contribution in [0.2, 0.25) is 0 Å². The molecule has 0 saturated carbocycles. The zero-order valence-electron chi connectivity index (χ0n) is 6.07. The summed E-state index contributed by atoms with van der Waals surface area (Å²) in [4.78, 5) is 9.90. The molecule has 2 N–H and O–H groups in total. The van der Waals surface area contributed by atoms with Gasteiger partial charge in [-0.05, 0) is 13.3 Å². The van der Waals surface area contributed by atoms with Gasteiger partial charge < -0.3 is 14.9 Å². The predicted molar refractivity (Wildman–Crippen MR) is 34.9 cm³/mol. The van der Waals surface area contributed by atoms with E-state index in [1.165, 1.54) is 6.92 Å². The van der Waals surface area contributed by atoms with Gasteiger partial charge in [0.15, 0.2) is 0 Å². The summed E-state index contributed by atoms with van der Waals surface area (Å²) in [5.41, 5.74) is 0. The fourth-order valence-corrected chi connectivity index (χ4v) is 0.569. The van der Waals surface area contributed by atoms with Gasteiger partial charge in [0.25, 0.3) is 0 Å². The van der Waals surface area contributed by atoms with Crippen LogP contribution in [0, 0.1) is 0 Å². The molecule has 0 rings (SSSR count). The van der Waals surface area contributed by atoms with Crippen LogP contribution in [0.4, 0.5) is 4.79 Å². The van der Waals surface area contributed by atoms with Gasteiger partial charge in [0.05, 0.1) is 6.10 Å². The van der Waals surface area contributed by atoms with Crippen LogP contribution in [0.25, 0.3) is 0 Å². The molecule has 4 nitrogen and oxygen atoms in total. The minimum absolute atomic E-state index is 0.494. The molecule has 0 fully saturated rings. The smallest absolute Gasteiger partial charge is 0.450 e. The summed E-state index contributed by atoms with van der Waals surface area (Å²) in [6.07, 6.45) is -2.19. The zero-order chi connectivity index (χ0) is 8.15. The van der Waals surface area contributed by atoms with Crippen LogP contribution in [0.5, 0.6) is 0 Å². The highest BCUT2D eigenvalue weighted by Gasteiger charge is 2.15. The summed E-state index contributed by atoms with van der Waals surface area (Å²) in [6.45, 7) is 3.27. The van der Waals surface area contributed by atoms with Crippen molar-refractivity contribution in [3.05, 3.63) is 0 Å². The van der Waals surface area contributed by atoms with E-state index in [2.05, 4.69) is 4.74 Å². The minimum atomic E-state index is -1.35. The number of aliphatic hydroxyl groups is 1. The summed E-state index contributed by atoms with van der Waals surface area (Å²) in [7, 11) is 0. The van der Waals surface area contributed by atoms with Crippen LogP contribution in [-0.2, 0) is 4.74 Å². The molecule has 0 aliphatic heterocycles. The van der Waals surface area contributed by atoms with Crippen molar-refractivity contribution in [1.29, 1.82) is 0 Å². The molecule has 0 spiro atoms. The first-order valence-electron chi connectivity index (χ1n) is 3.15. The van der Waals surface area contributed by atoms with E-state index in [1.54, 1.807) is 6.92 Å². The monoisotopic (exact) mass is 148 g/mol. The minimum Gasteiger partial charge on any atom is -0.450 e. The second-order valence-electron chi connectivity index (χ2n) is 2.06. The summed E-state index contributed by atoms with van der Waals surface area (Å²) < 4.78 is 4.27.